The van der Waals surface area contributed by atoms with Crippen LogP contribution in [0.25, 0.3) is 49.5 Å². The maximum absolute atomic E-state index is 4.43. The average Bonchev–Trinajstić information content (AvgIpc) is 2.93. The number of pyridine rings is 2. The molecule has 164 valence electrons. The van der Waals surface area contributed by atoms with Gasteiger partial charge in [-0.15, -0.1) is 6.54 Å². The number of hydrogen-bond donors (Lipinski definition) is 1. The van der Waals surface area contributed by atoms with Crippen molar-refractivity contribution in [2.75, 3.05) is 13.1 Å². The maximum atomic E-state index is 4.43. The van der Waals surface area contributed by atoms with E-state index in [-0.39, 0.29) is 0 Å². The van der Waals surface area contributed by atoms with Crippen LogP contribution in [0.4, 0.5) is 0 Å². The van der Waals surface area contributed by atoms with E-state index in [1.807, 2.05) is 37.2 Å². The fraction of sp³-hybridized carbons (Fsp3) is 0.0667. The Morgan fingerprint density at radius 3 is 1.85 bits per heavy atom. The van der Waals surface area contributed by atoms with E-state index in [0.29, 0.717) is 6.54 Å². The highest BCUT2D eigenvalue weighted by Crippen LogP contribution is 2.40. The third kappa shape index (κ3) is 3.59. The van der Waals surface area contributed by atoms with Crippen molar-refractivity contribution in [1.82, 2.24) is 15.3 Å². The molecule has 2 aromatic carbocycles. The summed E-state index contributed by atoms with van der Waals surface area (Å²) in [5, 5.41) is 9.97. The van der Waals surface area contributed by atoms with Crippen LogP contribution in [0.1, 0.15) is 11.1 Å². The molecule has 34 heavy (non-hydrogen) atoms. The first-order valence-corrected chi connectivity index (χ1v) is 11.4. The molecule has 1 N–H and O–H groups in total. The first-order chi connectivity index (χ1) is 16.9. The van der Waals surface area contributed by atoms with E-state index in [4.69, 9.17) is 0 Å². The molecule has 0 aliphatic carbocycles. The van der Waals surface area contributed by atoms with Crippen LogP contribution in [0.5, 0.6) is 0 Å². The van der Waals surface area contributed by atoms with Gasteiger partial charge in [0, 0.05) is 42.5 Å². The van der Waals surface area contributed by atoms with Gasteiger partial charge >= 0.3 is 0 Å². The monoisotopic (exact) mass is 439 g/mol. The van der Waals surface area contributed by atoms with Gasteiger partial charge in [0.2, 0.25) is 0 Å². The molecule has 2 aliphatic heterocycles. The molecule has 0 unspecified atom stereocenters. The molecule has 4 aromatic rings. The Bertz CT molecular complexity index is 1390. The fourth-order valence-electron chi connectivity index (χ4n) is 4.75. The van der Waals surface area contributed by atoms with E-state index >= 15 is 0 Å². The predicted octanol–water partition coefficient (Wildman–Crippen LogP) is 6.75. The largest absolute Gasteiger partial charge is 0.687 e. The zero-order valence-electron chi connectivity index (χ0n) is 18.6. The summed E-state index contributed by atoms with van der Waals surface area (Å²) in [6, 6.07) is 17.4. The molecule has 4 nitrogen and oxygen atoms in total. The van der Waals surface area contributed by atoms with Gasteiger partial charge in [0.1, 0.15) is 0 Å². The summed E-state index contributed by atoms with van der Waals surface area (Å²) in [5.74, 6) is 0. The highest BCUT2D eigenvalue weighted by Gasteiger charge is 2.16. The van der Waals surface area contributed by atoms with Crippen molar-refractivity contribution in [3.8, 4) is 22.3 Å². The van der Waals surface area contributed by atoms with Crippen LogP contribution in [0, 0.1) is 0 Å². The van der Waals surface area contributed by atoms with Gasteiger partial charge in [0.15, 0.2) is 0 Å². The number of rotatable bonds is 4. The van der Waals surface area contributed by atoms with Gasteiger partial charge in [-0.3, -0.25) is 9.97 Å². The van der Waals surface area contributed by atoms with Crippen LogP contribution in [-0.4, -0.2) is 23.1 Å². The molecule has 0 atom stereocenters. The molecule has 0 spiro atoms. The number of aromatic nitrogens is 2. The minimum atomic E-state index is 0.699. The van der Waals surface area contributed by atoms with Gasteiger partial charge in [-0.05, 0) is 68.6 Å². The molecule has 6 rings (SSSR count). The Balaban J connectivity index is 1.55. The lowest BCUT2D eigenvalue weighted by molar-refractivity contribution is 0.975. The molecule has 0 radical (unpaired) electrons. The standard InChI is InChI=1S/C30H23N4/c1-2-4-24-23(3-1)25(27-11-17-33-19-29(27)21-7-13-31-14-8-21)5-6-26(24)28-12-18-34-20-30(28)22-9-15-32-16-10-22/h1-13,15,17-20,31H,14,16H2/q-1. The summed E-state index contributed by atoms with van der Waals surface area (Å²) in [5.41, 5.74) is 9.38. The van der Waals surface area contributed by atoms with Gasteiger partial charge in [-0.25, -0.2) is 0 Å². The second-order valence-electron chi connectivity index (χ2n) is 8.29. The zero-order valence-corrected chi connectivity index (χ0v) is 18.6. The highest BCUT2D eigenvalue weighted by atomic mass is 14.8. The Hall–Kier alpha value is -4.44. The number of hydrogen-bond acceptors (Lipinski definition) is 3. The molecule has 0 saturated heterocycles. The van der Waals surface area contributed by atoms with E-state index < -0.39 is 0 Å². The molecular weight excluding hydrogens is 416 g/mol. The van der Waals surface area contributed by atoms with Crippen LogP contribution in [0.3, 0.4) is 0 Å². The second-order valence-corrected chi connectivity index (χ2v) is 8.29. The molecule has 0 bridgehead atoms. The first kappa shape index (κ1) is 20.2. The van der Waals surface area contributed by atoms with Crippen molar-refractivity contribution in [1.29, 1.82) is 0 Å². The van der Waals surface area contributed by atoms with Crippen molar-refractivity contribution in [2.24, 2.45) is 0 Å². The minimum absolute atomic E-state index is 0.699. The molecule has 2 aliphatic rings. The van der Waals surface area contributed by atoms with Gasteiger partial charge in [-0.1, -0.05) is 54.6 Å². The Labute approximate surface area is 199 Å². The Morgan fingerprint density at radius 2 is 1.29 bits per heavy atom. The van der Waals surface area contributed by atoms with E-state index in [1.165, 1.54) is 38.6 Å². The lowest BCUT2D eigenvalue weighted by Crippen LogP contribution is -2.08. The van der Waals surface area contributed by atoms with Crippen molar-refractivity contribution in [3.05, 3.63) is 126 Å². The van der Waals surface area contributed by atoms with Crippen molar-refractivity contribution in [2.45, 2.75) is 0 Å². The summed E-state index contributed by atoms with van der Waals surface area (Å²) < 4.78 is 0. The predicted molar refractivity (Wildman–Crippen MR) is 141 cm³/mol. The molecule has 0 fully saturated rings. The SMILES string of the molecule is C1=CC(c2cnccc2-c2ccc(-c3ccncc3C3=CCNC=C3)c3ccccc23)=CC[N-]1. The van der Waals surface area contributed by atoms with Crippen LogP contribution in [0.2, 0.25) is 0 Å². The first-order valence-electron chi connectivity index (χ1n) is 11.4. The molecule has 4 heteroatoms. The van der Waals surface area contributed by atoms with Crippen molar-refractivity contribution in [3.63, 3.8) is 0 Å². The van der Waals surface area contributed by atoms with Gasteiger partial charge in [0.05, 0.1) is 0 Å². The third-order valence-electron chi connectivity index (χ3n) is 6.37. The second kappa shape index (κ2) is 8.83. The lowest BCUT2D eigenvalue weighted by Gasteiger charge is -2.21. The van der Waals surface area contributed by atoms with E-state index in [0.717, 1.165) is 23.2 Å². The number of allylic oxidation sites excluding steroid dienone is 4. The normalized spacial score (nSPS) is 14.8. The third-order valence-corrected chi connectivity index (χ3v) is 6.37. The van der Waals surface area contributed by atoms with Crippen molar-refractivity contribution < 1.29 is 0 Å². The summed E-state index contributed by atoms with van der Waals surface area (Å²) in [6.45, 7) is 1.52. The van der Waals surface area contributed by atoms with E-state index in [9.17, 15) is 0 Å². The molecule has 0 amide bonds. The fourth-order valence-corrected chi connectivity index (χ4v) is 4.75. The minimum Gasteiger partial charge on any atom is -0.687 e. The van der Waals surface area contributed by atoms with E-state index in [2.05, 4.69) is 93.4 Å². The van der Waals surface area contributed by atoms with Crippen LogP contribution in [-0.2, 0) is 0 Å². The molecule has 4 heterocycles. The smallest absolute Gasteiger partial charge is 0.0352 e. The summed E-state index contributed by atoms with van der Waals surface area (Å²) in [7, 11) is 0. The molecule has 0 saturated carbocycles. The Morgan fingerprint density at radius 1 is 0.647 bits per heavy atom. The Kier molecular flexibility index (Phi) is 5.24. The summed E-state index contributed by atoms with van der Waals surface area (Å²) >= 11 is 0. The quantitative estimate of drug-likeness (QED) is 0.383. The van der Waals surface area contributed by atoms with Crippen molar-refractivity contribution >= 4 is 21.9 Å². The molecule has 2 aromatic heterocycles. The number of benzene rings is 2. The summed E-state index contributed by atoms with van der Waals surface area (Å²) in [4.78, 5) is 8.86. The number of dihydropyridines is 1. The lowest BCUT2D eigenvalue weighted by atomic mass is 9.87. The highest BCUT2D eigenvalue weighted by molar-refractivity contribution is 6.07. The number of nitrogens with one attached hydrogen (secondary N) is 1. The average molecular weight is 440 g/mol. The zero-order chi connectivity index (χ0) is 22.7. The number of nitrogens with zero attached hydrogens (tertiary/aromatic N) is 3. The van der Waals surface area contributed by atoms with E-state index in [1.54, 1.807) is 0 Å². The summed E-state index contributed by atoms with van der Waals surface area (Å²) in [6.07, 6.45) is 20.1. The van der Waals surface area contributed by atoms with Gasteiger partial charge in [0.25, 0.3) is 0 Å². The van der Waals surface area contributed by atoms with Gasteiger partial charge < -0.3 is 10.6 Å². The van der Waals surface area contributed by atoms with Crippen LogP contribution in [0.15, 0.2) is 110 Å². The topological polar surface area (TPSA) is 51.9 Å². The maximum Gasteiger partial charge on any atom is 0.0352 e. The van der Waals surface area contributed by atoms with Crippen LogP contribution >= 0.6 is 0 Å². The molecular formula is C30H23N4-. The van der Waals surface area contributed by atoms with Gasteiger partial charge in [-0.2, -0.15) is 6.20 Å². The number of fused-ring (bicyclic) bond motifs is 1. The van der Waals surface area contributed by atoms with Crippen LogP contribution < -0.4 is 5.32 Å².